The number of nitrogens with one attached hydrogen (secondary N) is 1. The molecule has 0 aliphatic heterocycles. The van der Waals surface area contributed by atoms with Gasteiger partial charge >= 0.3 is 5.97 Å². The van der Waals surface area contributed by atoms with Crippen molar-refractivity contribution in [1.29, 1.82) is 0 Å². The van der Waals surface area contributed by atoms with E-state index in [2.05, 4.69) is 9.97 Å². The van der Waals surface area contributed by atoms with Gasteiger partial charge in [0.15, 0.2) is 0 Å². The van der Waals surface area contributed by atoms with Gasteiger partial charge in [0.25, 0.3) is 0 Å². The summed E-state index contributed by atoms with van der Waals surface area (Å²) in [6.07, 6.45) is 3.42. The summed E-state index contributed by atoms with van der Waals surface area (Å²) in [6.45, 7) is 1.97. The molecule has 0 radical (unpaired) electrons. The van der Waals surface area contributed by atoms with Crippen LogP contribution in [0.3, 0.4) is 0 Å². The number of carboxylic acids is 1. The van der Waals surface area contributed by atoms with E-state index in [1.807, 2.05) is 13.2 Å². The number of H-pyrrole nitrogens is 1. The highest BCUT2D eigenvalue weighted by Crippen LogP contribution is 2.19. The molecule has 1 unspecified atom stereocenters. The molecule has 0 fully saturated rings. The first-order chi connectivity index (χ1) is 6.16. The molecule has 72 valence electrons. The van der Waals surface area contributed by atoms with Crippen LogP contribution in [0.15, 0.2) is 6.33 Å². The van der Waals surface area contributed by atoms with Gasteiger partial charge in [-0.05, 0) is 6.26 Å². The summed E-state index contributed by atoms with van der Waals surface area (Å²) in [7, 11) is 0. The second kappa shape index (κ2) is 4.32. The van der Waals surface area contributed by atoms with Crippen molar-refractivity contribution in [2.45, 2.75) is 12.8 Å². The fourth-order valence-corrected chi connectivity index (χ4v) is 1.84. The number of hydrogen-bond acceptors (Lipinski definition) is 3. The number of aromatic nitrogens is 2. The molecular weight excluding hydrogens is 188 g/mol. The van der Waals surface area contributed by atoms with Gasteiger partial charge in [0.05, 0.1) is 12.0 Å². The summed E-state index contributed by atoms with van der Waals surface area (Å²) in [5.41, 5.74) is 0.850. The largest absolute Gasteiger partial charge is 0.477 e. The Labute approximate surface area is 80.8 Å². The summed E-state index contributed by atoms with van der Waals surface area (Å²) < 4.78 is 0. The van der Waals surface area contributed by atoms with Crippen LogP contribution in [-0.4, -0.2) is 33.1 Å². The predicted molar refractivity (Wildman–Crippen MR) is 52.3 cm³/mol. The molecule has 1 heterocycles. The molecule has 0 saturated heterocycles. The van der Waals surface area contributed by atoms with Gasteiger partial charge in [-0.25, -0.2) is 9.78 Å². The van der Waals surface area contributed by atoms with Gasteiger partial charge < -0.3 is 10.1 Å². The maximum atomic E-state index is 10.7. The van der Waals surface area contributed by atoms with Crippen LogP contribution in [-0.2, 0) is 0 Å². The summed E-state index contributed by atoms with van der Waals surface area (Å²) >= 11 is 1.68. The highest BCUT2D eigenvalue weighted by molar-refractivity contribution is 7.98. The number of aromatic amines is 1. The summed E-state index contributed by atoms with van der Waals surface area (Å²) in [5, 5.41) is 8.79. The molecule has 0 bridgehead atoms. The number of rotatable bonds is 4. The quantitative estimate of drug-likeness (QED) is 0.774. The van der Waals surface area contributed by atoms with E-state index in [9.17, 15) is 4.79 Å². The van der Waals surface area contributed by atoms with Gasteiger partial charge in [0.2, 0.25) is 0 Å². The molecule has 5 heteroatoms. The van der Waals surface area contributed by atoms with Crippen LogP contribution in [0.4, 0.5) is 0 Å². The van der Waals surface area contributed by atoms with E-state index in [0.29, 0.717) is 5.69 Å². The molecule has 0 aliphatic carbocycles. The van der Waals surface area contributed by atoms with E-state index in [0.717, 1.165) is 5.75 Å². The third kappa shape index (κ3) is 2.24. The third-order valence-corrected chi connectivity index (χ3v) is 2.60. The molecule has 0 saturated carbocycles. The number of nitrogens with zero attached hydrogens (tertiary/aromatic N) is 1. The van der Waals surface area contributed by atoms with E-state index in [1.165, 1.54) is 6.33 Å². The fraction of sp³-hybridized carbons (Fsp3) is 0.500. The zero-order valence-corrected chi connectivity index (χ0v) is 8.39. The van der Waals surface area contributed by atoms with Crippen molar-refractivity contribution in [1.82, 2.24) is 9.97 Å². The molecule has 1 aromatic rings. The Hall–Kier alpha value is -0.970. The SMILES string of the molecule is CSCC(C)c1nc[nH]c1C(=O)O. The highest BCUT2D eigenvalue weighted by Gasteiger charge is 2.17. The monoisotopic (exact) mass is 200 g/mol. The predicted octanol–water partition coefficient (Wildman–Crippen LogP) is 1.57. The number of carboxylic acid groups (broad SMARTS) is 1. The van der Waals surface area contributed by atoms with Crippen LogP contribution in [0.1, 0.15) is 29.0 Å². The van der Waals surface area contributed by atoms with Crippen LogP contribution in [0.2, 0.25) is 0 Å². The van der Waals surface area contributed by atoms with Crippen molar-refractivity contribution in [2.75, 3.05) is 12.0 Å². The number of carbonyl (C=O) groups is 1. The standard InChI is InChI=1S/C8H12N2O2S/c1-5(3-13-2)6-7(8(11)12)10-4-9-6/h4-5H,3H2,1-2H3,(H,9,10)(H,11,12). The van der Waals surface area contributed by atoms with Gasteiger partial charge in [-0.3, -0.25) is 0 Å². The average molecular weight is 200 g/mol. The molecular formula is C8H12N2O2S. The van der Waals surface area contributed by atoms with E-state index in [1.54, 1.807) is 11.8 Å². The molecule has 13 heavy (non-hydrogen) atoms. The molecule has 2 N–H and O–H groups in total. The fourth-order valence-electron chi connectivity index (χ4n) is 1.18. The Morgan fingerprint density at radius 1 is 1.85 bits per heavy atom. The van der Waals surface area contributed by atoms with Gasteiger partial charge in [0.1, 0.15) is 5.69 Å². The number of aromatic carboxylic acids is 1. The second-order valence-corrected chi connectivity index (χ2v) is 3.74. The van der Waals surface area contributed by atoms with Crippen molar-refractivity contribution in [3.05, 3.63) is 17.7 Å². The Bertz CT molecular complexity index is 298. The molecule has 0 aliphatic rings. The molecule has 0 spiro atoms. The third-order valence-electron chi connectivity index (χ3n) is 1.77. The lowest BCUT2D eigenvalue weighted by atomic mass is 10.1. The molecule has 1 rings (SSSR count). The maximum Gasteiger partial charge on any atom is 0.354 e. The van der Waals surface area contributed by atoms with Crippen LogP contribution in [0.25, 0.3) is 0 Å². The first kappa shape index (κ1) is 10.1. The Morgan fingerprint density at radius 3 is 3.08 bits per heavy atom. The number of thioether (sulfide) groups is 1. The smallest absolute Gasteiger partial charge is 0.354 e. The second-order valence-electron chi connectivity index (χ2n) is 2.82. The van der Waals surface area contributed by atoms with E-state index in [4.69, 9.17) is 5.11 Å². The summed E-state index contributed by atoms with van der Waals surface area (Å²) in [6, 6.07) is 0. The normalized spacial score (nSPS) is 12.8. The van der Waals surface area contributed by atoms with Gasteiger partial charge in [-0.15, -0.1) is 0 Å². The average Bonchev–Trinajstić information content (AvgIpc) is 2.52. The van der Waals surface area contributed by atoms with Crippen molar-refractivity contribution in [3.63, 3.8) is 0 Å². The minimum absolute atomic E-state index is 0.173. The van der Waals surface area contributed by atoms with Crippen molar-refractivity contribution >= 4 is 17.7 Å². The van der Waals surface area contributed by atoms with Gasteiger partial charge in [-0.1, -0.05) is 6.92 Å². The minimum atomic E-state index is -0.944. The zero-order valence-electron chi connectivity index (χ0n) is 7.57. The Kier molecular flexibility index (Phi) is 3.36. The Morgan fingerprint density at radius 2 is 2.54 bits per heavy atom. The molecule has 1 atom stereocenters. The minimum Gasteiger partial charge on any atom is -0.477 e. The Balaban J connectivity index is 2.86. The topological polar surface area (TPSA) is 66.0 Å². The van der Waals surface area contributed by atoms with Crippen LogP contribution < -0.4 is 0 Å². The van der Waals surface area contributed by atoms with Crippen LogP contribution >= 0.6 is 11.8 Å². The van der Waals surface area contributed by atoms with E-state index in [-0.39, 0.29) is 11.6 Å². The summed E-state index contributed by atoms with van der Waals surface area (Å²) in [5.74, 6) is 0.110. The lowest BCUT2D eigenvalue weighted by molar-refractivity contribution is 0.0689. The first-order valence-electron chi connectivity index (χ1n) is 3.92. The van der Waals surface area contributed by atoms with Crippen molar-refractivity contribution in [2.24, 2.45) is 0 Å². The van der Waals surface area contributed by atoms with Crippen molar-refractivity contribution in [3.8, 4) is 0 Å². The number of imidazole rings is 1. The molecule has 1 aromatic heterocycles. The van der Waals surface area contributed by atoms with Gasteiger partial charge in [-0.2, -0.15) is 11.8 Å². The van der Waals surface area contributed by atoms with E-state index < -0.39 is 5.97 Å². The van der Waals surface area contributed by atoms with E-state index >= 15 is 0 Å². The van der Waals surface area contributed by atoms with Crippen molar-refractivity contribution < 1.29 is 9.90 Å². The zero-order chi connectivity index (χ0) is 9.84. The molecule has 4 nitrogen and oxygen atoms in total. The first-order valence-corrected chi connectivity index (χ1v) is 5.31. The summed E-state index contributed by atoms with van der Waals surface area (Å²) in [4.78, 5) is 17.3. The highest BCUT2D eigenvalue weighted by atomic mass is 32.2. The lowest BCUT2D eigenvalue weighted by Gasteiger charge is -2.06. The number of hydrogen-bond donors (Lipinski definition) is 2. The molecule has 0 aromatic carbocycles. The van der Waals surface area contributed by atoms with Gasteiger partial charge in [0, 0.05) is 11.7 Å². The lowest BCUT2D eigenvalue weighted by Crippen LogP contribution is -2.06. The van der Waals surface area contributed by atoms with Crippen LogP contribution in [0.5, 0.6) is 0 Å². The van der Waals surface area contributed by atoms with Crippen LogP contribution in [0, 0.1) is 0 Å². The molecule has 0 amide bonds. The maximum absolute atomic E-state index is 10.7.